The van der Waals surface area contributed by atoms with Gasteiger partial charge in [-0.05, 0) is 37.3 Å². The SMILES string of the molecule is CCOC(=O)/C(C#N)=C/c1cn(CCC#N)nc1-c1ccc(F)cc1. The zero-order valence-corrected chi connectivity index (χ0v) is 13.6. The molecular weight excluding hydrogens is 323 g/mol. The number of carbonyl (C=O) groups is 1. The number of carbonyl (C=O) groups excluding carboxylic acids is 1. The first-order valence-corrected chi connectivity index (χ1v) is 7.58. The number of hydrogen-bond acceptors (Lipinski definition) is 5. The number of nitrogens with zero attached hydrogens (tertiary/aromatic N) is 4. The Morgan fingerprint density at radius 1 is 1.36 bits per heavy atom. The van der Waals surface area contributed by atoms with E-state index in [-0.39, 0.29) is 24.4 Å². The second-order valence-corrected chi connectivity index (χ2v) is 5.00. The third kappa shape index (κ3) is 4.52. The van der Waals surface area contributed by atoms with Gasteiger partial charge in [-0.25, -0.2) is 9.18 Å². The summed E-state index contributed by atoms with van der Waals surface area (Å²) < 4.78 is 19.6. The molecule has 1 aromatic carbocycles. The van der Waals surface area contributed by atoms with Crippen molar-refractivity contribution in [1.82, 2.24) is 9.78 Å². The van der Waals surface area contributed by atoms with Gasteiger partial charge in [-0.2, -0.15) is 15.6 Å². The predicted octanol–water partition coefficient (Wildman–Crippen LogP) is 3.07. The molecule has 6 nitrogen and oxygen atoms in total. The standard InChI is InChI=1S/C18H15FN4O2/c1-2-25-18(24)14(11-21)10-15-12-23(9-3-8-20)22-17(15)13-4-6-16(19)7-5-13/h4-7,10,12H,2-3,9H2,1H3/b14-10+. The van der Waals surface area contributed by atoms with Crippen LogP contribution in [-0.4, -0.2) is 22.4 Å². The molecule has 0 aliphatic heterocycles. The number of ether oxygens (including phenoxy) is 1. The summed E-state index contributed by atoms with van der Waals surface area (Å²) in [7, 11) is 0. The maximum absolute atomic E-state index is 13.2. The summed E-state index contributed by atoms with van der Waals surface area (Å²) in [5, 5.41) is 22.3. The van der Waals surface area contributed by atoms with Crippen molar-refractivity contribution in [1.29, 1.82) is 10.5 Å². The van der Waals surface area contributed by atoms with E-state index in [1.807, 2.05) is 12.1 Å². The number of nitriles is 2. The number of rotatable bonds is 6. The molecule has 1 heterocycles. The van der Waals surface area contributed by atoms with Crippen LogP contribution in [0.5, 0.6) is 0 Å². The normalized spacial score (nSPS) is 10.8. The van der Waals surface area contributed by atoms with Crippen LogP contribution in [0, 0.1) is 28.5 Å². The third-order valence-electron chi connectivity index (χ3n) is 3.28. The lowest BCUT2D eigenvalue weighted by Gasteiger charge is -2.01. The summed E-state index contributed by atoms with van der Waals surface area (Å²) in [6.07, 6.45) is 3.27. The van der Waals surface area contributed by atoms with Gasteiger partial charge in [0.25, 0.3) is 0 Å². The quantitative estimate of drug-likeness (QED) is 0.458. The van der Waals surface area contributed by atoms with E-state index in [4.69, 9.17) is 10.00 Å². The van der Waals surface area contributed by atoms with E-state index in [1.54, 1.807) is 29.9 Å². The van der Waals surface area contributed by atoms with Crippen molar-refractivity contribution in [3.63, 3.8) is 0 Å². The second kappa shape index (κ2) is 8.42. The molecule has 0 amide bonds. The first-order chi connectivity index (χ1) is 12.1. The lowest BCUT2D eigenvalue weighted by Crippen LogP contribution is -2.06. The molecule has 1 aromatic heterocycles. The van der Waals surface area contributed by atoms with Crippen LogP contribution in [0.3, 0.4) is 0 Å². The Morgan fingerprint density at radius 3 is 2.68 bits per heavy atom. The van der Waals surface area contributed by atoms with Gasteiger partial charge >= 0.3 is 5.97 Å². The minimum Gasteiger partial charge on any atom is -0.462 e. The smallest absolute Gasteiger partial charge is 0.348 e. The number of halogens is 1. The van der Waals surface area contributed by atoms with Crippen LogP contribution in [0.4, 0.5) is 4.39 Å². The van der Waals surface area contributed by atoms with Crippen LogP contribution in [0.15, 0.2) is 36.0 Å². The fourth-order valence-corrected chi connectivity index (χ4v) is 2.15. The molecule has 0 spiro atoms. The average Bonchev–Trinajstić information content (AvgIpc) is 3.01. The van der Waals surface area contributed by atoms with E-state index in [0.29, 0.717) is 23.4 Å². The molecule has 0 aliphatic carbocycles. The van der Waals surface area contributed by atoms with Crippen molar-refractivity contribution in [2.45, 2.75) is 19.9 Å². The number of aromatic nitrogens is 2. The molecule has 0 atom stereocenters. The fourth-order valence-electron chi connectivity index (χ4n) is 2.15. The molecule has 126 valence electrons. The Balaban J connectivity index is 2.49. The van der Waals surface area contributed by atoms with Gasteiger partial charge in [0.05, 0.1) is 31.3 Å². The lowest BCUT2D eigenvalue weighted by molar-refractivity contribution is -0.137. The van der Waals surface area contributed by atoms with Gasteiger partial charge in [-0.15, -0.1) is 0 Å². The maximum atomic E-state index is 13.2. The number of esters is 1. The molecule has 0 unspecified atom stereocenters. The Kier molecular flexibility index (Phi) is 6.02. The highest BCUT2D eigenvalue weighted by Crippen LogP contribution is 2.25. The van der Waals surface area contributed by atoms with Crippen LogP contribution < -0.4 is 0 Å². The molecule has 0 N–H and O–H groups in total. The van der Waals surface area contributed by atoms with Crippen LogP contribution >= 0.6 is 0 Å². The molecule has 25 heavy (non-hydrogen) atoms. The second-order valence-electron chi connectivity index (χ2n) is 5.00. The molecule has 2 rings (SSSR count). The first kappa shape index (κ1) is 17.9. The van der Waals surface area contributed by atoms with Crippen molar-refractivity contribution in [2.24, 2.45) is 0 Å². The minimum absolute atomic E-state index is 0.157. The lowest BCUT2D eigenvalue weighted by atomic mass is 10.1. The van der Waals surface area contributed by atoms with Gasteiger partial charge in [-0.1, -0.05) is 0 Å². The highest BCUT2D eigenvalue weighted by atomic mass is 19.1. The Hall–Kier alpha value is -3.45. The predicted molar refractivity (Wildman–Crippen MR) is 88.1 cm³/mol. The number of aryl methyl sites for hydroxylation is 1. The molecule has 0 saturated carbocycles. The van der Waals surface area contributed by atoms with Gasteiger partial charge in [0.2, 0.25) is 0 Å². The van der Waals surface area contributed by atoms with Gasteiger partial charge < -0.3 is 4.74 Å². The summed E-state index contributed by atoms with van der Waals surface area (Å²) in [4.78, 5) is 11.8. The van der Waals surface area contributed by atoms with E-state index < -0.39 is 5.97 Å². The van der Waals surface area contributed by atoms with Gasteiger partial charge in [-0.3, -0.25) is 4.68 Å². The summed E-state index contributed by atoms with van der Waals surface area (Å²) >= 11 is 0. The summed E-state index contributed by atoms with van der Waals surface area (Å²) in [6.45, 7) is 2.17. The van der Waals surface area contributed by atoms with Crippen molar-refractivity contribution in [3.8, 4) is 23.4 Å². The molecule has 7 heteroatoms. The van der Waals surface area contributed by atoms with Crippen molar-refractivity contribution >= 4 is 12.0 Å². The van der Waals surface area contributed by atoms with E-state index in [1.165, 1.54) is 18.2 Å². The average molecular weight is 338 g/mol. The zero-order chi connectivity index (χ0) is 18.2. The fraction of sp³-hybridized carbons (Fsp3) is 0.222. The first-order valence-electron chi connectivity index (χ1n) is 7.58. The van der Waals surface area contributed by atoms with E-state index in [9.17, 15) is 14.4 Å². The van der Waals surface area contributed by atoms with E-state index >= 15 is 0 Å². The van der Waals surface area contributed by atoms with Crippen molar-refractivity contribution in [3.05, 3.63) is 47.4 Å². The van der Waals surface area contributed by atoms with E-state index in [2.05, 4.69) is 5.10 Å². The van der Waals surface area contributed by atoms with Gasteiger partial charge in [0.1, 0.15) is 17.5 Å². The van der Waals surface area contributed by atoms with Gasteiger partial charge in [0, 0.05) is 17.3 Å². The molecular formula is C18H15FN4O2. The highest BCUT2D eigenvalue weighted by Gasteiger charge is 2.15. The Labute approximate surface area is 144 Å². The van der Waals surface area contributed by atoms with Crippen LogP contribution in [0.25, 0.3) is 17.3 Å². The number of hydrogen-bond donors (Lipinski definition) is 0. The monoisotopic (exact) mass is 338 g/mol. The largest absolute Gasteiger partial charge is 0.462 e. The zero-order valence-electron chi connectivity index (χ0n) is 13.6. The third-order valence-corrected chi connectivity index (χ3v) is 3.28. The maximum Gasteiger partial charge on any atom is 0.348 e. The van der Waals surface area contributed by atoms with Crippen LogP contribution in [0.1, 0.15) is 18.9 Å². The molecule has 0 radical (unpaired) electrons. The van der Waals surface area contributed by atoms with Gasteiger partial charge in [0.15, 0.2) is 0 Å². The Morgan fingerprint density at radius 2 is 2.08 bits per heavy atom. The topological polar surface area (TPSA) is 91.7 Å². The Bertz CT molecular complexity index is 870. The molecule has 0 aliphatic rings. The number of benzene rings is 1. The minimum atomic E-state index is -0.722. The van der Waals surface area contributed by atoms with E-state index in [0.717, 1.165) is 0 Å². The summed E-state index contributed by atoms with van der Waals surface area (Å²) in [5.41, 5.74) is 1.46. The van der Waals surface area contributed by atoms with Crippen LogP contribution in [0.2, 0.25) is 0 Å². The summed E-state index contributed by atoms with van der Waals surface area (Å²) in [6, 6.07) is 9.55. The molecule has 2 aromatic rings. The van der Waals surface area contributed by atoms with Crippen LogP contribution in [-0.2, 0) is 16.1 Å². The summed E-state index contributed by atoms with van der Waals surface area (Å²) in [5.74, 6) is -1.10. The highest BCUT2D eigenvalue weighted by molar-refractivity contribution is 5.98. The van der Waals surface area contributed by atoms with Crippen molar-refractivity contribution < 1.29 is 13.9 Å². The molecule has 0 bridgehead atoms. The molecule has 0 fully saturated rings. The molecule has 0 saturated heterocycles. The van der Waals surface area contributed by atoms with Crippen molar-refractivity contribution in [2.75, 3.05) is 6.61 Å².